The Morgan fingerprint density at radius 3 is 2.33 bits per heavy atom. The van der Waals surface area contributed by atoms with Gasteiger partial charge in [0.25, 0.3) is 0 Å². The standard InChI is InChI=1S/C26H32N4O3/c1-3-19-10-12-20(13-11-19)24-23(25(31)33-4-2)22(27-26(32)28-24)18-29-14-16-30(17-15-29)21-8-6-5-7-9-21/h5-13,24H,3-4,14-18H2,1-2H3,(H2,27,28,32). The van der Waals surface area contributed by atoms with Crippen LogP contribution in [-0.4, -0.2) is 56.2 Å². The summed E-state index contributed by atoms with van der Waals surface area (Å²) in [7, 11) is 0. The Balaban J connectivity index is 1.56. The monoisotopic (exact) mass is 448 g/mol. The Bertz CT molecular complexity index is 996. The highest BCUT2D eigenvalue weighted by molar-refractivity contribution is 5.95. The zero-order chi connectivity index (χ0) is 23.2. The van der Waals surface area contributed by atoms with Crippen LogP contribution in [0.4, 0.5) is 10.5 Å². The van der Waals surface area contributed by atoms with Crippen molar-refractivity contribution in [2.24, 2.45) is 0 Å². The molecular formula is C26H32N4O3. The quantitative estimate of drug-likeness (QED) is 0.636. The predicted octanol–water partition coefficient (Wildman–Crippen LogP) is 3.24. The number of urea groups is 1. The number of esters is 1. The van der Waals surface area contributed by atoms with Gasteiger partial charge in [-0.25, -0.2) is 9.59 Å². The molecule has 4 rings (SSSR count). The van der Waals surface area contributed by atoms with Crippen LogP contribution in [0, 0.1) is 0 Å². The summed E-state index contributed by atoms with van der Waals surface area (Å²) in [6.07, 6.45) is 0.930. The Kier molecular flexibility index (Phi) is 7.29. The minimum absolute atomic E-state index is 0.279. The maximum atomic E-state index is 13.0. The molecule has 1 saturated heterocycles. The predicted molar refractivity (Wildman–Crippen MR) is 129 cm³/mol. The second-order valence-corrected chi connectivity index (χ2v) is 8.34. The minimum atomic E-state index is -0.538. The average Bonchev–Trinajstić information content (AvgIpc) is 2.85. The Morgan fingerprint density at radius 2 is 1.70 bits per heavy atom. The zero-order valence-corrected chi connectivity index (χ0v) is 19.3. The molecule has 2 aromatic carbocycles. The fourth-order valence-electron chi connectivity index (χ4n) is 4.41. The summed E-state index contributed by atoms with van der Waals surface area (Å²) in [5.74, 6) is -0.396. The van der Waals surface area contributed by atoms with Crippen LogP contribution in [0.25, 0.3) is 0 Å². The van der Waals surface area contributed by atoms with E-state index in [4.69, 9.17) is 4.74 Å². The number of carbonyl (C=O) groups is 2. The molecule has 7 heteroatoms. The van der Waals surface area contributed by atoms with Crippen molar-refractivity contribution >= 4 is 17.7 Å². The van der Waals surface area contributed by atoms with Crippen LogP contribution in [0.1, 0.15) is 31.0 Å². The van der Waals surface area contributed by atoms with Crippen LogP contribution in [0.5, 0.6) is 0 Å². The number of anilines is 1. The largest absolute Gasteiger partial charge is 0.463 e. The van der Waals surface area contributed by atoms with Crippen LogP contribution in [0.2, 0.25) is 0 Å². The lowest BCUT2D eigenvalue weighted by atomic mass is 9.94. The third-order valence-corrected chi connectivity index (χ3v) is 6.25. The first-order valence-electron chi connectivity index (χ1n) is 11.7. The number of nitrogens with one attached hydrogen (secondary N) is 2. The second-order valence-electron chi connectivity index (χ2n) is 8.34. The Labute approximate surface area is 195 Å². The highest BCUT2D eigenvalue weighted by Gasteiger charge is 2.34. The van der Waals surface area contributed by atoms with Crippen molar-refractivity contribution in [2.45, 2.75) is 26.3 Å². The first-order valence-corrected chi connectivity index (χ1v) is 11.7. The van der Waals surface area contributed by atoms with Gasteiger partial charge in [-0.2, -0.15) is 0 Å². The van der Waals surface area contributed by atoms with Crippen molar-refractivity contribution < 1.29 is 14.3 Å². The molecule has 33 heavy (non-hydrogen) atoms. The summed E-state index contributed by atoms with van der Waals surface area (Å²) in [5.41, 5.74) is 4.39. The van der Waals surface area contributed by atoms with Crippen LogP contribution < -0.4 is 15.5 Å². The summed E-state index contributed by atoms with van der Waals surface area (Å²) in [4.78, 5) is 30.2. The molecule has 2 N–H and O–H groups in total. The van der Waals surface area contributed by atoms with Crippen molar-refractivity contribution in [1.29, 1.82) is 0 Å². The lowest BCUT2D eigenvalue weighted by Gasteiger charge is -2.38. The minimum Gasteiger partial charge on any atom is -0.463 e. The number of para-hydroxylation sites is 1. The van der Waals surface area contributed by atoms with Gasteiger partial charge in [0.1, 0.15) is 0 Å². The molecule has 0 aliphatic carbocycles. The lowest BCUT2D eigenvalue weighted by Crippen LogP contribution is -2.51. The number of hydrogen-bond donors (Lipinski definition) is 2. The van der Waals surface area contributed by atoms with E-state index >= 15 is 0 Å². The van der Waals surface area contributed by atoms with Crippen molar-refractivity contribution in [1.82, 2.24) is 15.5 Å². The third-order valence-electron chi connectivity index (χ3n) is 6.25. The van der Waals surface area contributed by atoms with Crippen molar-refractivity contribution in [2.75, 3.05) is 44.2 Å². The average molecular weight is 449 g/mol. The molecule has 1 atom stereocenters. The van der Waals surface area contributed by atoms with Crippen LogP contribution in [-0.2, 0) is 16.0 Å². The van der Waals surface area contributed by atoms with Gasteiger partial charge in [0.15, 0.2) is 0 Å². The van der Waals surface area contributed by atoms with Gasteiger partial charge in [-0.1, -0.05) is 49.4 Å². The van der Waals surface area contributed by atoms with E-state index in [1.165, 1.54) is 11.3 Å². The molecule has 0 saturated carbocycles. The van der Waals surface area contributed by atoms with E-state index in [1.807, 2.05) is 30.3 Å². The number of benzene rings is 2. The second kappa shape index (κ2) is 10.5. The van der Waals surface area contributed by atoms with E-state index in [1.54, 1.807) is 6.92 Å². The normalized spacial score (nSPS) is 19.2. The molecule has 7 nitrogen and oxygen atoms in total. The molecule has 1 fully saturated rings. The molecule has 1 unspecified atom stereocenters. The van der Waals surface area contributed by atoms with Crippen LogP contribution in [0.15, 0.2) is 65.9 Å². The van der Waals surface area contributed by atoms with Crippen LogP contribution >= 0.6 is 0 Å². The number of ether oxygens (including phenoxy) is 1. The number of piperazine rings is 1. The van der Waals surface area contributed by atoms with E-state index < -0.39 is 12.0 Å². The number of nitrogens with zero attached hydrogens (tertiary/aromatic N) is 2. The summed E-state index contributed by atoms with van der Waals surface area (Å²) in [5, 5.41) is 5.81. The summed E-state index contributed by atoms with van der Waals surface area (Å²) >= 11 is 0. The van der Waals surface area contributed by atoms with Gasteiger partial charge in [-0.3, -0.25) is 4.90 Å². The molecule has 2 aromatic rings. The fourth-order valence-corrected chi connectivity index (χ4v) is 4.41. The molecule has 0 spiro atoms. The van der Waals surface area contributed by atoms with Crippen LogP contribution in [0.3, 0.4) is 0 Å². The number of amides is 2. The molecule has 0 bridgehead atoms. The molecule has 2 aliphatic rings. The molecule has 0 aromatic heterocycles. The third kappa shape index (κ3) is 5.37. The Hall–Kier alpha value is -3.32. The van der Waals surface area contributed by atoms with E-state index in [0.717, 1.165) is 38.2 Å². The van der Waals surface area contributed by atoms with Gasteiger partial charge in [0.2, 0.25) is 0 Å². The SMILES string of the molecule is CCOC(=O)C1=C(CN2CCN(c3ccccc3)CC2)NC(=O)NC1c1ccc(CC)cc1. The fraction of sp³-hybridized carbons (Fsp3) is 0.385. The highest BCUT2D eigenvalue weighted by Crippen LogP contribution is 2.29. The first kappa shape index (κ1) is 22.9. The smallest absolute Gasteiger partial charge is 0.338 e. The van der Waals surface area contributed by atoms with Gasteiger partial charge in [0.05, 0.1) is 18.2 Å². The molecular weight excluding hydrogens is 416 g/mol. The van der Waals surface area contributed by atoms with E-state index in [0.29, 0.717) is 17.8 Å². The van der Waals surface area contributed by atoms with Crippen molar-refractivity contribution in [3.05, 3.63) is 77.0 Å². The maximum Gasteiger partial charge on any atom is 0.338 e. The first-order chi connectivity index (χ1) is 16.1. The molecule has 0 radical (unpaired) electrons. The lowest BCUT2D eigenvalue weighted by molar-refractivity contribution is -0.139. The number of aryl methyl sites for hydroxylation is 1. The highest BCUT2D eigenvalue weighted by atomic mass is 16.5. The van der Waals surface area contributed by atoms with Crippen molar-refractivity contribution in [3.63, 3.8) is 0 Å². The van der Waals surface area contributed by atoms with Gasteiger partial charge in [-0.05, 0) is 36.6 Å². The summed E-state index contributed by atoms with van der Waals surface area (Å²) in [6, 6.07) is 17.6. The van der Waals surface area contributed by atoms with Gasteiger partial charge >= 0.3 is 12.0 Å². The number of rotatable bonds is 7. The van der Waals surface area contributed by atoms with Crippen molar-refractivity contribution in [3.8, 4) is 0 Å². The van der Waals surface area contributed by atoms with E-state index in [-0.39, 0.29) is 12.6 Å². The van der Waals surface area contributed by atoms with E-state index in [9.17, 15) is 9.59 Å². The Morgan fingerprint density at radius 1 is 1.00 bits per heavy atom. The van der Waals surface area contributed by atoms with Gasteiger partial charge in [0, 0.05) is 44.1 Å². The number of hydrogen-bond acceptors (Lipinski definition) is 5. The molecule has 174 valence electrons. The maximum absolute atomic E-state index is 13.0. The summed E-state index contributed by atoms with van der Waals surface area (Å²) in [6.45, 7) is 8.12. The molecule has 2 aliphatic heterocycles. The topological polar surface area (TPSA) is 73.9 Å². The number of carbonyl (C=O) groups excluding carboxylic acids is 2. The van der Waals surface area contributed by atoms with Gasteiger partial charge < -0.3 is 20.3 Å². The van der Waals surface area contributed by atoms with Gasteiger partial charge in [-0.15, -0.1) is 0 Å². The van der Waals surface area contributed by atoms with E-state index in [2.05, 4.69) is 51.6 Å². The summed E-state index contributed by atoms with van der Waals surface area (Å²) < 4.78 is 5.39. The zero-order valence-electron chi connectivity index (χ0n) is 19.3. The molecule has 2 heterocycles. The molecule has 2 amide bonds.